The quantitative estimate of drug-likeness (QED) is 0.580. The predicted octanol–water partition coefficient (Wildman–Crippen LogP) is 2.75. The second kappa shape index (κ2) is 8.09. The van der Waals surface area contributed by atoms with Crippen molar-refractivity contribution in [3.05, 3.63) is 47.5 Å². The maximum atomic E-state index is 4.99. The van der Waals surface area contributed by atoms with Crippen LogP contribution in [0.2, 0.25) is 0 Å². The molecule has 2 N–H and O–H groups in total. The number of benzene rings is 1. The highest BCUT2D eigenvalue weighted by atomic mass is 32.2. The van der Waals surface area contributed by atoms with Crippen LogP contribution >= 0.6 is 11.8 Å². The van der Waals surface area contributed by atoms with Gasteiger partial charge in [-0.05, 0) is 19.1 Å². The molecular weight excluding hydrogens is 270 g/mol. The molecule has 4 nitrogen and oxygen atoms in total. The van der Waals surface area contributed by atoms with E-state index in [1.165, 1.54) is 10.5 Å². The number of hydrogen-bond donors (Lipinski definition) is 2. The number of imidazole rings is 1. The van der Waals surface area contributed by atoms with E-state index >= 15 is 0 Å². The summed E-state index contributed by atoms with van der Waals surface area (Å²) in [5.74, 6) is 1.88. The first-order chi connectivity index (χ1) is 9.78. The van der Waals surface area contributed by atoms with Gasteiger partial charge in [-0.3, -0.25) is 0 Å². The maximum absolute atomic E-state index is 4.99. The van der Waals surface area contributed by atoms with Crippen LogP contribution in [0.25, 0.3) is 0 Å². The fourth-order valence-corrected chi connectivity index (χ4v) is 2.53. The second-order valence-electron chi connectivity index (χ2n) is 4.63. The van der Waals surface area contributed by atoms with E-state index in [9.17, 15) is 0 Å². The van der Waals surface area contributed by atoms with E-state index in [4.69, 9.17) is 4.74 Å². The lowest BCUT2D eigenvalue weighted by atomic mass is 10.2. The van der Waals surface area contributed by atoms with Crippen molar-refractivity contribution in [3.8, 4) is 0 Å². The van der Waals surface area contributed by atoms with Gasteiger partial charge in [-0.15, -0.1) is 11.8 Å². The third-order valence-corrected chi connectivity index (χ3v) is 3.90. The van der Waals surface area contributed by atoms with E-state index in [0.717, 1.165) is 37.0 Å². The molecule has 0 aliphatic carbocycles. The van der Waals surface area contributed by atoms with Gasteiger partial charge in [-0.2, -0.15) is 0 Å². The average molecular weight is 291 g/mol. The molecule has 1 aromatic carbocycles. The zero-order valence-electron chi connectivity index (χ0n) is 12.0. The number of thioether (sulfide) groups is 1. The molecule has 2 rings (SSSR count). The smallest absolute Gasteiger partial charge is 0.116 e. The first-order valence-electron chi connectivity index (χ1n) is 6.70. The summed E-state index contributed by atoms with van der Waals surface area (Å²) < 4.78 is 4.99. The van der Waals surface area contributed by atoms with Gasteiger partial charge in [0, 0.05) is 37.0 Å². The van der Waals surface area contributed by atoms with Crippen LogP contribution in [-0.4, -0.2) is 30.2 Å². The zero-order chi connectivity index (χ0) is 14.2. The minimum Gasteiger partial charge on any atom is -0.383 e. The number of ether oxygens (including phenoxy) is 1. The highest BCUT2D eigenvalue weighted by molar-refractivity contribution is 7.98. The monoisotopic (exact) mass is 291 g/mol. The summed E-state index contributed by atoms with van der Waals surface area (Å²) in [5.41, 5.74) is 2.40. The molecule has 1 heterocycles. The fourth-order valence-electron chi connectivity index (χ4n) is 1.75. The van der Waals surface area contributed by atoms with Crippen LogP contribution in [0.3, 0.4) is 0 Å². The molecule has 0 saturated heterocycles. The third-order valence-electron chi connectivity index (χ3n) is 2.88. The SMILES string of the molecule is COCCNCc1cnc(CSc2ccc(C)cc2)[nH]1. The Bertz CT molecular complexity index is 510. The van der Waals surface area contributed by atoms with E-state index in [1.807, 2.05) is 6.20 Å². The predicted molar refractivity (Wildman–Crippen MR) is 82.9 cm³/mol. The number of rotatable bonds is 8. The van der Waals surface area contributed by atoms with Crippen LogP contribution in [0, 0.1) is 6.92 Å². The van der Waals surface area contributed by atoms with E-state index in [2.05, 4.69) is 46.5 Å². The Kier molecular flexibility index (Phi) is 6.11. The lowest BCUT2D eigenvalue weighted by Crippen LogP contribution is -2.18. The molecule has 20 heavy (non-hydrogen) atoms. The minimum atomic E-state index is 0.726. The Morgan fingerprint density at radius 1 is 1.30 bits per heavy atom. The highest BCUT2D eigenvalue weighted by Crippen LogP contribution is 2.21. The van der Waals surface area contributed by atoms with Crippen molar-refractivity contribution in [2.24, 2.45) is 0 Å². The van der Waals surface area contributed by atoms with Gasteiger partial charge < -0.3 is 15.0 Å². The van der Waals surface area contributed by atoms with E-state index in [0.29, 0.717) is 0 Å². The molecule has 0 aliphatic heterocycles. The number of H-pyrrole nitrogens is 1. The number of aromatic amines is 1. The van der Waals surface area contributed by atoms with Crippen molar-refractivity contribution in [3.63, 3.8) is 0 Å². The summed E-state index contributed by atoms with van der Waals surface area (Å²) in [6.07, 6.45) is 1.89. The normalized spacial score (nSPS) is 10.9. The number of hydrogen-bond acceptors (Lipinski definition) is 4. The number of aryl methyl sites for hydroxylation is 1. The van der Waals surface area contributed by atoms with E-state index in [1.54, 1.807) is 18.9 Å². The van der Waals surface area contributed by atoms with Crippen molar-refractivity contribution >= 4 is 11.8 Å². The largest absolute Gasteiger partial charge is 0.383 e. The van der Waals surface area contributed by atoms with Gasteiger partial charge in [-0.25, -0.2) is 4.98 Å². The summed E-state index contributed by atoms with van der Waals surface area (Å²) in [6.45, 7) is 4.47. The van der Waals surface area contributed by atoms with Crippen LogP contribution in [-0.2, 0) is 17.0 Å². The van der Waals surface area contributed by atoms with E-state index in [-0.39, 0.29) is 0 Å². The van der Waals surface area contributed by atoms with Gasteiger partial charge in [0.2, 0.25) is 0 Å². The van der Waals surface area contributed by atoms with Gasteiger partial charge in [0.15, 0.2) is 0 Å². The second-order valence-corrected chi connectivity index (χ2v) is 5.68. The van der Waals surface area contributed by atoms with Crippen LogP contribution in [0.15, 0.2) is 35.4 Å². The number of aromatic nitrogens is 2. The molecule has 0 radical (unpaired) electrons. The van der Waals surface area contributed by atoms with Gasteiger partial charge in [0.25, 0.3) is 0 Å². The topological polar surface area (TPSA) is 49.9 Å². The van der Waals surface area contributed by atoms with Gasteiger partial charge >= 0.3 is 0 Å². The molecule has 0 unspecified atom stereocenters. The van der Waals surface area contributed by atoms with Crippen LogP contribution < -0.4 is 5.32 Å². The molecule has 0 amide bonds. The highest BCUT2D eigenvalue weighted by Gasteiger charge is 2.02. The lowest BCUT2D eigenvalue weighted by molar-refractivity contribution is 0.199. The van der Waals surface area contributed by atoms with E-state index < -0.39 is 0 Å². The van der Waals surface area contributed by atoms with Crippen molar-refractivity contribution in [1.82, 2.24) is 15.3 Å². The van der Waals surface area contributed by atoms with Crippen LogP contribution in [0.1, 0.15) is 17.1 Å². The van der Waals surface area contributed by atoms with Crippen LogP contribution in [0.4, 0.5) is 0 Å². The Morgan fingerprint density at radius 2 is 2.10 bits per heavy atom. The lowest BCUT2D eigenvalue weighted by Gasteiger charge is -2.02. The standard InChI is InChI=1S/C15H21N3OS/c1-12-3-5-14(6-4-12)20-11-15-17-10-13(18-15)9-16-7-8-19-2/h3-6,10,16H,7-9,11H2,1-2H3,(H,17,18). The molecule has 108 valence electrons. The summed E-state index contributed by atoms with van der Waals surface area (Å²) in [4.78, 5) is 9.01. The zero-order valence-corrected chi connectivity index (χ0v) is 12.8. The molecule has 5 heteroatoms. The third kappa shape index (κ3) is 5.00. The number of nitrogens with one attached hydrogen (secondary N) is 2. The molecular formula is C15H21N3OS. The first kappa shape index (κ1) is 15.1. The molecule has 2 aromatic rings. The summed E-state index contributed by atoms with van der Waals surface area (Å²) in [7, 11) is 1.71. The Balaban J connectivity index is 1.76. The van der Waals surface area contributed by atoms with Crippen molar-refractivity contribution < 1.29 is 4.74 Å². The van der Waals surface area contributed by atoms with Crippen molar-refractivity contribution in [1.29, 1.82) is 0 Å². The minimum absolute atomic E-state index is 0.726. The number of methoxy groups -OCH3 is 1. The van der Waals surface area contributed by atoms with Crippen molar-refractivity contribution in [2.75, 3.05) is 20.3 Å². The molecule has 0 aliphatic rings. The Morgan fingerprint density at radius 3 is 2.85 bits per heavy atom. The van der Waals surface area contributed by atoms with Gasteiger partial charge in [0.05, 0.1) is 12.4 Å². The summed E-state index contributed by atoms with van der Waals surface area (Å²) in [6, 6.07) is 8.57. The molecule has 0 bridgehead atoms. The molecule has 0 saturated carbocycles. The summed E-state index contributed by atoms with van der Waals surface area (Å²) >= 11 is 1.79. The van der Waals surface area contributed by atoms with Crippen molar-refractivity contribution in [2.45, 2.75) is 24.1 Å². The van der Waals surface area contributed by atoms with Gasteiger partial charge in [0.1, 0.15) is 5.82 Å². The fraction of sp³-hybridized carbons (Fsp3) is 0.400. The Labute approximate surface area is 124 Å². The molecule has 0 spiro atoms. The first-order valence-corrected chi connectivity index (χ1v) is 7.68. The molecule has 1 aromatic heterocycles. The maximum Gasteiger partial charge on any atom is 0.116 e. The summed E-state index contributed by atoms with van der Waals surface area (Å²) in [5, 5.41) is 3.29. The van der Waals surface area contributed by atoms with Crippen LogP contribution in [0.5, 0.6) is 0 Å². The number of nitrogens with zero attached hydrogens (tertiary/aromatic N) is 1. The Hall–Kier alpha value is -1.30. The molecule has 0 atom stereocenters. The average Bonchev–Trinajstić information content (AvgIpc) is 2.91. The van der Waals surface area contributed by atoms with Gasteiger partial charge in [-0.1, -0.05) is 17.7 Å². The molecule has 0 fully saturated rings.